The number of hydrogen-bond acceptors (Lipinski definition) is 5. The monoisotopic (exact) mass is 508 g/mol. The SMILES string of the molecule is CCn1ncc2c1CCC[C@H]2N(Cc1ccc(C(F)(F)F)cn1)C(=O)c1ccc2nc(N)c(C)cc2c1. The zero-order chi connectivity index (χ0) is 26.3. The van der Waals surface area contributed by atoms with Crippen LogP contribution >= 0.6 is 0 Å². The molecule has 0 saturated carbocycles. The van der Waals surface area contributed by atoms with Crippen LogP contribution in [-0.2, 0) is 25.7 Å². The van der Waals surface area contributed by atoms with Gasteiger partial charge in [-0.1, -0.05) is 0 Å². The second-order valence-corrected chi connectivity index (χ2v) is 9.34. The Labute approximate surface area is 212 Å². The highest BCUT2D eigenvalue weighted by Crippen LogP contribution is 2.37. The molecule has 3 aromatic heterocycles. The summed E-state index contributed by atoms with van der Waals surface area (Å²) in [5.41, 5.74) is 9.50. The highest BCUT2D eigenvalue weighted by atomic mass is 19.4. The van der Waals surface area contributed by atoms with E-state index in [0.29, 0.717) is 22.6 Å². The number of hydrogen-bond donors (Lipinski definition) is 1. The van der Waals surface area contributed by atoms with E-state index in [4.69, 9.17) is 5.73 Å². The molecule has 1 aliphatic carbocycles. The highest BCUT2D eigenvalue weighted by molar-refractivity contribution is 5.98. The lowest BCUT2D eigenvalue weighted by Crippen LogP contribution is -2.36. The first-order valence-corrected chi connectivity index (χ1v) is 12.2. The van der Waals surface area contributed by atoms with Crippen molar-refractivity contribution in [3.8, 4) is 0 Å². The van der Waals surface area contributed by atoms with Crippen molar-refractivity contribution in [1.82, 2.24) is 24.6 Å². The quantitative estimate of drug-likeness (QED) is 0.386. The summed E-state index contributed by atoms with van der Waals surface area (Å²) in [5, 5.41) is 5.29. The average Bonchev–Trinajstić information content (AvgIpc) is 3.31. The molecule has 0 aliphatic heterocycles. The molecule has 1 atom stereocenters. The van der Waals surface area contributed by atoms with Crippen molar-refractivity contribution in [2.24, 2.45) is 0 Å². The molecule has 0 radical (unpaired) electrons. The predicted octanol–water partition coefficient (Wildman–Crippen LogP) is 5.48. The zero-order valence-electron chi connectivity index (χ0n) is 20.6. The molecule has 1 aliphatic rings. The molecule has 0 fully saturated rings. The highest BCUT2D eigenvalue weighted by Gasteiger charge is 2.34. The number of alkyl halides is 3. The van der Waals surface area contributed by atoms with Crippen molar-refractivity contribution < 1.29 is 18.0 Å². The summed E-state index contributed by atoms with van der Waals surface area (Å²) in [7, 11) is 0. The lowest BCUT2D eigenvalue weighted by atomic mass is 9.91. The van der Waals surface area contributed by atoms with Crippen LogP contribution in [0.15, 0.2) is 48.8 Å². The van der Waals surface area contributed by atoms with Crippen LogP contribution in [0.4, 0.5) is 19.0 Å². The van der Waals surface area contributed by atoms with E-state index in [2.05, 4.69) is 15.1 Å². The first-order chi connectivity index (χ1) is 17.7. The van der Waals surface area contributed by atoms with Gasteiger partial charge in [0, 0.05) is 34.9 Å². The third-order valence-corrected chi connectivity index (χ3v) is 6.94. The number of amides is 1. The van der Waals surface area contributed by atoms with E-state index in [1.54, 1.807) is 29.3 Å². The van der Waals surface area contributed by atoms with Crippen LogP contribution in [0.1, 0.15) is 64.2 Å². The first kappa shape index (κ1) is 24.7. The summed E-state index contributed by atoms with van der Waals surface area (Å²) in [5.74, 6) is 0.199. The first-order valence-electron chi connectivity index (χ1n) is 12.2. The molecule has 1 aromatic carbocycles. The molecule has 0 spiro atoms. The number of aryl methyl sites for hydroxylation is 2. The maximum atomic E-state index is 14.0. The summed E-state index contributed by atoms with van der Waals surface area (Å²) in [4.78, 5) is 24.1. The van der Waals surface area contributed by atoms with Crippen LogP contribution in [0.25, 0.3) is 10.9 Å². The van der Waals surface area contributed by atoms with Gasteiger partial charge in [0.25, 0.3) is 5.91 Å². The van der Waals surface area contributed by atoms with Gasteiger partial charge in [-0.2, -0.15) is 18.3 Å². The maximum Gasteiger partial charge on any atom is 0.417 e. The second-order valence-electron chi connectivity index (χ2n) is 9.34. The van der Waals surface area contributed by atoms with E-state index >= 15 is 0 Å². The number of benzene rings is 1. The molecule has 192 valence electrons. The van der Waals surface area contributed by atoms with Crippen molar-refractivity contribution in [3.05, 3.63) is 82.4 Å². The van der Waals surface area contributed by atoms with Crippen LogP contribution in [0.5, 0.6) is 0 Å². The van der Waals surface area contributed by atoms with E-state index in [1.807, 2.05) is 24.6 Å². The molecule has 1 amide bonds. The number of fused-ring (bicyclic) bond motifs is 2. The van der Waals surface area contributed by atoms with Gasteiger partial charge in [0.2, 0.25) is 0 Å². The number of carbonyl (C=O) groups is 1. The van der Waals surface area contributed by atoms with Crippen molar-refractivity contribution in [2.45, 2.75) is 58.4 Å². The number of nitrogen functional groups attached to an aromatic ring is 1. The lowest BCUT2D eigenvalue weighted by molar-refractivity contribution is -0.137. The van der Waals surface area contributed by atoms with Gasteiger partial charge in [0.1, 0.15) is 5.82 Å². The van der Waals surface area contributed by atoms with Crippen molar-refractivity contribution in [1.29, 1.82) is 0 Å². The van der Waals surface area contributed by atoms with Crippen LogP contribution in [-0.4, -0.2) is 30.6 Å². The summed E-state index contributed by atoms with van der Waals surface area (Å²) in [6, 6.07) is 9.19. The van der Waals surface area contributed by atoms with E-state index < -0.39 is 11.7 Å². The topological polar surface area (TPSA) is 89.9 Å². The minimum absolute atomic E-state index is 0.0649. The molecule has 2 N–H and O–H groups in total. The number of nitrogens with zero attached hydrogens (tertiary/aromatic N) is 5. The zero-order valence-corrected chi connectivity index (χ0v) is 20.6. The number of anilines is 1. The van der Waals surface area contributed by atoms with Crippen LogP contribution in [0.2, 0.25) is 0 Å². The molecular formula is C27H27F3N6O. The standard InChI is InChI=1S/C27H27F3N6O/c1-3-36-24-6-4-5-23(21(24)14-33-36)35(15-20-9-8-19(13-32-20)27(28,29)30)26(37)17-7-10-22-18(12-17)11-16(2)25(31)34-22/h7-14,23H,3-6,15H2,1-2H3,(H2,31,34)/t23-/m1/s1. The Bertz CT molecular complexity index is 1460. The molecular weight excluding hydrogens is 481 g/mol. The summed E-state index contributed by atoms with van der Waals surface area (Å²) in [6.07, 6.45) is 0.596. The Morgan fingerprint density at radius 2 is 2.00 bits per heavy atom. The minimum Gasteiger partial charge on any atom is -0.383 e. The smallest absolute Gasteiger partial charge is 0.383 e. The van der Waals surface area contributed by atoms with E-state index in [-0.39, 0.29) is 18.5 Å². The summed E-state index contributed by atoms with van der Waals surface area (Å²) < 4.78 is 41.2. The van der Waals surface area contributed by atoms with Gasteiger partial charge in [-0.15, -0.1) is 0 Å². The van der Waals surface area contributed by atoms with Gasteiger partial charge in [-0.25, -0.2) is 4.98 Å². The number of pyridine rings is 2. The fourth-order valence-corrected chi connectivity index (χ4v) is 4.97. The third kappa shape index (κ3) is 4.75. The fourth-order valence-electron chi connectivity index (χ4n) is 4.97. The summed E-state index contributed by atoms with van der Waals surface area (Å²) >= 11 is 0. The molecule has 5 rings (SSSR count). The summed E-state index contributed by atoms with van der Waals surface area (Å²) in [6.45, 7) is 4.66. The molecule has 7 nitrogen and oxygen atoms in total. The number of halogens is 3. The molecule has 0 bridgehead atoms. The van der Waals surface area contributed by atoms with Crippen molar-refractivity contribution >= 4 is 22.6 Å². The Balaban J connectivity index is 1.55. The normalized spacial score (nSPS) is 15.5. The lowest BCUT2D eigenvalue weighted by Gasteiger charge is -2.34. The minimum atomic E-state index is -4.48. The van der Waals surface area contributed by atoms with Crippen LogP contribution < -0.4 is 5.73 Å². The molecule has 3 heterocycles. The fraction of sp³-hybridized carbons (Fsp3) is 0.333. The second kappa shape index (κ2) is 9.49. The van der Waals surface area contributed by atoms with Gasteiger partial charge >= 0.3 is 6.18 Å². The number of aromatic nitrogens is 4. The molecule has 10 heteroatoms. The van der Waals surface area contributed by atoms with Gasteiger partial charge in [-0.05, 0) is 75.1 Å². The molecule has 0 unspecified atom stereocenters. The van der Waals surface area contributed by atoms with E-state index in [9.17, 15) is 18.0 Å². The van der Waals surface area contributed by atoms with E-state index in [1.165, 1.54) is 6.07 Å². The maximum absolute atomic E-state index is 14.0. The third-order valence-electron chi connectivity index (χ3n) is 6.94. The van der Waals surface area contributed by atoms with Crippen molar-refractivity contribution in [2.75, 3.05) is 5.73 Å². The van der Waals surface area contributed by atoms with Gasteiger partial charge < -0.3 is 10.6 Å². The average molecular weight is 509 g/mol. The Kier molecular flexibility index (Phi) is 6.35. The number of nitrogens with two attached hydrogens (primary N) is 1. The van der Waals surface area contributed by atoms with Crippen LogP contribution in [0, 0.1) is 6.92 Å². The molecule has 4 aromatic rings. The largest absolute Gasteiger partial charge is 0.417 e. The predicted molar refractivity (Wildman–Crippen MR) is 134 cm³/mol. The van der Waals surface area contributed by atoms with Gasteiger partial charge in [0.05, 0.1) is 35.6 Å². The van der Waals surface area contributed by atoms with Gasteiger partial charge in [0.15, 0.2) is 0 Å². The number of rotatable bonds is 5. The van der Waals surface area contributed by atoms with E-state index in [0.717, 1.165) is 60.3 Å². The Hall–Kier alpha value is -3.95. The Morgan fingerprint density at radius 3 is 2.70 bits per heavy atom. The van der Waals surface area contributed by atoms with Crippen molar-refractivity contribution in [3.63, 3.8) is 0 Å². The van der Waals surface area contributed by atoms with Crippen LogP contribution in [0.3, 0.4) is 0 Å². The Morgan fingerprint density at radius 1 is 1.19 bits per heavy atom. The molecule has 0 saturated heterocycles. The molecule has 37 heavy (non-hydrogen) atoms. The van der Waals surface area contributed by atoms with Gasteiger partial charge in [-0.3, -0.25) is 14.5 Å². The number of carbonyl (C=O) groups excluding carboxylic acids is 1.